The third kappa shape index (κ3) is 2.07. The van der Waals surface area contributed by atoms with Gasteiger partial charge in [0.25, 0.3) is 0 Å². The molecule has 0 saturated heterocycles. The lowest BCUT2D eigenvalue weighted by Crippen LogP contribution is -2.28. The molecule has 0 unspecified atom stereocenters. The summed E-state index contributed by atoms with van der Waals surface area (Å²) in [5, 5.41) is 0.592. The fourth-order valence-corrected chi connectivity index (χ4v) is 2.46. The number of aromatic nitrogens is 1. The number of rotatable bonds is 2. The fraction of sp³-hybridized carbons (Fsp3) is 0.462. The molecule has 86 valence electrons. The third-order valence-corrected chi connectivity index (χ3v) is 3.13. The monoisotopic (exact) mass is 237 g/mol. The molecule has 0 spiro atoms. The van der Waals surface area contributed by atoms with Crippen LogP contribution in [0.3, 0.4) is 0 Å². The second-order valence-corrected chi connectivity index (χ2v) is 5.80. The summed E-state index contributed by atoms with van der Waals surface area (Å²) in [7, 11) is 0. The highest BCUT2D eigenvalue weighted by Gasteiger charge is 2.32. The summed E-state index contributed by atoms with van der Waals surface area (Å²) in [6.45, 7) is 8.53. The van der Waals surface area contributed by atoms with Crippen molar-refractivity contribution in [2.75, 3.05) is 0 Å². The van der Waals surface area contributed by atoms with Crippen molar-refractivity contribution in [2.45, 2.75) is 33.2 Å². The van der Waals surface area contributed by atoms with E-state index in [-0.39, 0.29) is 11.2 Å². The minimum atomic E-state index is 0.0494. The molecule has 2 rings (SSSR count). The van der Waals surface area contributed by atoms with Crippen molar-refractivity contribution in [1.29, 1.82) is 0 Å². The number of nitrogens with zero attached hydrogens (tertiary/aromatic N) is 1. The molecular weight excluding hydrogens is 222 g/mol. The zero-order valence-corrected chi connectivity index (χ0v) is 10.5. The lowest BCUT2D eigenvalue weighted by Gasteiger charge is -2.29. The number of halogens is 1. The topological polar surface area (TPSA) is 22.0 Å². The van der Waals surface area contributed by atoms with Crippen molar-refractivity contribution in [1.82, 2.24) is 4.57 Å². The number of carbonyl (C=O) groups is 1. The summed E-state index contributed by atoms with van der Waals surface area (Å²) in [4.78, 5) is 11.9. The van der Waals surface area contributed by atoms with Gasteiger partial charge in [0.15, 0.2) is 5.78 Å². The van der Waals surface area contributed by atoms with Crippen LogP contribution in [-0.2, 0) is 13.0 Å². The minimum Gasteiger partial charge on any atom is -0.345 e. The van der Waals surface area contributed by atoms with E-state index in [4.69, 9.17) is 11.6 Å². The first-order valence-electron chi connectivity index (χ1n) is 5.43. The van der Waals surface area contributed by atoms with Crippen molar-refractivity contribution in [2.24, 2.45) is 5.41 Å². The van der Waals surface area contributed by atoms with Crippen LogP contribution in [0.15, 0.2) is 23.9 Å². The number of allylic oxidation sites excluding steroid dienone is 1. The molecule has 16 heavy (non-hydrogen) atoms. The number of carbonyl (C=O) groups excluding carboxylic acids is 1. The maximum absolute atomic E-state index is 11.9. The number of fused-ring (bicyclic) bond motifs is 1. The van der Waals surface area contributed by atoms with Crippen LogP contribution in [0.5, 0.6) is 0 Å². The quantitative estimate of drug-likeness (QED) is 0.773. The van der Waals surface area contributed by atoms with Crippen LogP contribution in [0.2, 0.25) is 0 Å². The van der Waals surface area contributed by atoms with E-state index in [1.807, 2.05) is 16.8 Å². The van der Waals surface area contributed by atoms with Gasteiger partial charge in [-0.05, 0) is 17.9 Å². The van der Waals surface area contributed by atoms with E-state index in [0.29, 0.717) is 18.0 Å². The lowest BCUT2D eigenvalue weighted by molar-refractivity contribution is 0.0910. The molecule has 0 aromatic carbocycles. The Kier molecular flexibility index (Phi) is 2.70. The molecule has 0 atom stereocenters. The summed E-state index contributed by atoms with van der Waals surface area (Å²) in [5.74, 6) is 0.241. The molecule has 1 aromatic rings. The Labute approximate surface area is 101 Å². The second kappa shape index (κ2) is 3.77. The van der Waals surface area contributed by atoms with Gasteiger partial charge in [-0.15, -0.1) is 0 Å². The molecule has 0 amide bonds. The minimum absolute atomic E-state index is 0.0494. The lowest BCUT2D eigenvalue weighted by atomic mass is 9.76. The molecule has 0 fully saturated rings. The van der Waals surface area contributed by atoms with Crippen LogP contribution in [0.25, 0.3) is 0 Å². The molecule has 0 aliphatic heterocycles. The van der Waals surface area contributed by atoms with Crippen molar-refractivity contribution in [3.8, 4) is 0 Å². The van der Waals surface area contributed by atoms with E-state index in [1.54, 1.807) is 0 Å². The SMILES string of the molecule is C=C(Cl)Cn1ccc2c1CC(C)(C)CC2=O. The maximum Gasteiger partial charge on any atom is 0.165 e. The first kappa shape index (κ1) is 11.5. The van der Waals surface area contributed by atoms with E-state index in [0.717, 1.165) is 17.7 Å². The molecule has 1 aliphatic carbocycles. The van der Waals surface area contributed by atoms with Gasteiger partial charge in [0, 0.05) is 28.9 Å². The number of hydrogen-bond acceptors (Lipinski definition) is 1. The Hall–Kier alpha value is -1.02. The van der Waals surface area contributed by atoms with Crippen molar-refractivity contribution < 1.29 is 4.79 Å². The first-order chi connectivity index (χ1) is 7.39. The van der Waals surface area contributed by atoms with Crippen LogP contribution in [0.4, 0.5) is 0 Å². The molecule has 0 N–H and O–H groups in total. The molecule has 0 saturated carbocycles. The average molecular weight is 238 g/mol. The zero-order valence-electron chi connectivity index (χ0n) is 9.72. The van der Waals surface area contributed by atoms with Crippen molar-refractivity contribution >= 4 is 17.4 Å². The predicted molar refractivity (Wildman–Crippen MR) is 65.9 cm³/mol. The molecule has 0 radical (unpaired) electrons. The second-order valence-electron chi connectivity index (χ2n) is 5.26. The molecule has 1 aliphatic rings. The van der Waals surface area contributed by atoms with Gasteiger partial charge >= 0.3 is 0 Å². The Morgan fingerprint density at radius 1 is 1.56 bits per heavy atom. The van der Waals surface area contributed by atoms with Gasteiger partial charge in [0.1, 0.15) is 0 Å². The smallest absolute Gasteiger partial charge is 0.165 e. The highest BCUT2D eigenvalue weighted by Crippen LogP contribution is 2.35. The Morgan fingerprint density at radius 3 is 2.88 bits per heavy atom. The summed E-state index contributed by atoms with van der Waals surface area (Å²) in [5.41, 5.74) is 2.01. The van der Waals surface area contributed by atoms with Crippen molar-refractivity contribution in [3.63, 3.8) is 0 Å². The van der Waals surface area contributed by atoms with Crippen LogP contribution in [0, 0.1) is 5.41 Å². The molecule has 3 heteroatoms. The highest BCUT2D eigenvalue weighted by molar-refractivity contribution is 6.29. The van der Waals surface area contributed by atoms with Crippen LogP contribution < -0.4 is 0 Å². The Bertz CT molecular complexity index is 456. The fourth-order valence-electron chi connectivity index (χ4n) is 2.33. The van der Waals surface area contributed by atoms with E-state index < -0.39 is 0 Å². The van der Waals surface area contributed by atoms with Gasteiger partial charge in [-0.25, -0.2) is 0 Å². The Balaban J connectivity index is 2.41. The van der Waals surface area contributed by atoms with Gasteiger partial charge in [0.05, 0.1) is 6.54 Å². The predicted octanol–water partition coefficient (Wildman–Crippen LogP) is 3.40. The molecule has 0 bridgehead atoms. The van der Waals surface area contributed by atoms with Crippen LogP contribution in [-0.4, -0.2) is 10.4 Å². The summed E-state index contributed by atoms with van der Waals surface area (Å²) in [6.07, 6.45) is 3.48. The molecular formula is C13H16ClNO. The summed E-state index contributed by atoms with van der Waals surface area (Å²) < 4.78 is 2.03. The third-order valence-electron chi connectivity index (χ3n) is 3.01. The molecule has 1 heterocycles. The standard InChI is InChI=1S/C13H16ClNO/c1-9(14)8-15-5-4-10-11(15)6-13(2,3)7-12(10)16/h4-5H,1,6-8H2,2-3H3. The van der Waals surface area contributed by atoms with Crippen molar-refractivity contribution in [3.05, 3.63) is 35.1 Å². The first-order valence-corrected chi connectivity index (χ1v) is 5.81. The molecule has 1 aromatic heterocycles. The normalized spacial score (nSPS) is 18.3. The van der Waals surface area contributed by atoms with E-state index in [2.05, 4.69) is 20.4 Å². The number of Topliss-reactive ketones (excluding diaryl/α,β-unsaturated/α-hetero) is 1. The van der Waals surface area contributed by atoms with Gasteiger partial charge in [-0.1, -0.05) is 32.0 Å². The zero-order chi connectivity index (χ0) is 11.9. The van der Waals surface area contributed by atoms with E-state index in [9.17, 15) is 4.79 Å². The average Bonchev–Trinajstić information content (AvgIpc) is 2.45. The number of hydrogen-bond donors (Lipinski definition) is 0. The Morgan fingerprint density at radius 2 is 2.25 bits per heavy atom. The highest BCUT2D eigenvalue weighted by atomic mass is 35.5. The van der Waals surface area contributed by atoms with Gasteiger partial charge in [-0.2, -0.15) is 0 Å². The number of ketones is 1. The maximum atomic E-state index is 11.9. The largest absolute Gasteiger partial charge is 0.345 e. The molecule has 2 nitrogen and oxygen atoms in total. The van der Waals surface area contributed by atoms with E-state index >= 15 is 0 Å². The van der Waals surface area contributed by atoms with Gasteiger partial charge < -0.3 is 4.57 Å². The van der Waals surface area contributed by atoms with E-state index in [1.165, 1.54) is 0 Å². The summed E-state index contributed by atoms with van der Waals surface area (Å²) in [6, 6.07) is 1.90. The van der Waals surface area contributed by atoms with Crippen LogP contribution in [0.1, 0.15) is 36.3 Å². The van der Waals surface area contributed by atoms with Gasteiger partial charge in [-0.3, -0.25) is 4.79 Å². The summed E-state index contributed by atoms with van der Waals surface area (Å²) >= 11 is 5.82. The van der Waals surface area contributed by atoms with Gasteiger partial charge in [0.2, 0.25) is 0 Å². The van der Waals surface area contributed by atoms with Crippen LogP contribution >= 0.6 is 11.6 Å².